The van der Waals surface area contributed by atoms with Crippen LogP contribution in [0.2, 0.25) is 0 Å². The van der Waals surface area contributed by atoms with Gasteiger partial charge in [0.25, 0.3) is 10.5 Å². The Hall–Kier alpha value is -2.98. The lowest BCUT2D eigenvalue weighted by Crippen LogP contribution is -2.25. The maximum atomic E-state index is 11.7. The molecule has 2 saturated heterocycles. The van der Waals surface area contributed by atoms with E-state index < -0.39 is 0 Å². The van der Waals surface area contributed by atoms with Gasteiger partial charge in [0.2, 0.25) is 11.8 Å². The van der Waals surface area contributed by atoms with Crippen LogP contribution in [-0.2, 0) is 22.4 Å². The molecule has 2 aliphatic heterocycles. The molecule has 3 aliphatic rings. The van der Waals surface area contributed by atoms with Crippen molar-refractivity contribution in [3.63, 3.8) is 0 Å². The Labute approximate surface area is 230 Å². The number of hydrogen-bond donors (Lipinski definition) is 2. The Balaban J connectivity index is 0.984. The minimum atomic E-state index is -0.355. The summed E-state index contributed by atoms with van der Waals surface area (Å²) in [6.07, 6.45) is 5.47. The lowest BCUT2D eigenvalue weighted by Gasteiger charge is -2.28. The van der Waals surface area contributed by atoms with Gasteiger partial charge in [-0.2, -0.15) is 0 Å². The number of amides is 4. The summed E-state index contributed by atoms with van der Waals surface area (Å²) >= 11 is 2.10. The van der Waals surface area contributed by atoms with Crippen LogP contribution in [0.15, 0.2) is 48.5 Å². The van der Waals surface area contributed by atoms with Crippen molar-refractivity contribution in [2.75, 3.05) is 13.2 Å². The Bertz CT molecular complexity index is 1090. The predicted molar refractivity (Wildman–Crippen MR) is 147 cm³/mol. The lowest BCUT2D eigenvalue weighted by molar-refractivity contribution is -0.119. The molecule has 3 fully saturated rings. The van der Waals surface area contributed by atoms with Crippen molar-refractivity contribution < 1.29 is 28.7 Å². The average molecular weight is 555 g/mol. The molecule has 0 radical (unpaired) electrons. The van der Waals surface area contributed by atoms with Crippen molar-refractivity contribution in [2.24, 2.45) is 11.8 Å². The molecule has 0 bridgehead atoms. The molecule has 2 aromatic carbocycles. The van der Waals surface area contributed by atoms with Crippen LogP contribution in [0.4, 0.5) is 9.59 Å². The van der Waals surface area contributed by atoms with Gasteiger partial charge >= 0.3 is 0 Å². The van der Waals surface area contributed by atoms with E-state index in [4.69, 9.17) is 9.47 Å². The summed E-state index contributed by atoms with van der Waals surface area (Å²) in [6.45, 7) is 1.37. The molecule has 10 heteroatoms. The maximum Gasteiger partial charge on any atom is 0.286 e. The largest absolute Gasteiger partial charge is 0.493 e. The molecule has 8 nitrogen and oxygen atoms in total. The number of hydrogen-bond acceptors (Lipinski definition) is 8. The van der Waals surface area contributed by atoms with Gasteiger partial charge in [0, 0.05) is 0 Å². The van der Waals surface area contributed by atoms with Crippen LogP contribution < -0.4 is 20.1 Å². The number of benzene rings is 2. The smallest absolute Gasteiger partial charge is 0.286 e. The first kappa shape index (κ1) is 26.6. The van der Waals surface area contributed by atoms with Crippen LogP contribution >= 0.6 is 23.5 Å². The van der Waals surface area contributed by atoms with Gasteiger partial charge in [-0.15, -0.1) is 0 Å². The third kappa shape index (κ3) is 7.11. The van der Waals surface area contributed by atoms with Crippen LogP contribution in [0, 0.1) is 11.8 Å². The summed E-state index contributed by atoms with van der Waals surface area (Å²) in [5.41, 5.74) is 2.01. The molecule has 2 N–H and O–H groups in total. The standard InChI is InChI=1S/C28H30N2O6S2/c31-25-23(37-27(33)29-25)13-17-5-9-21(10-6-17)35-15-19-1-2-20(4-3-19)16-36-22-11-7-18(8-12-22)14-24-26(32)30-28(34)38-24/h5-12,19-20,23-24H,1-4,13-16H2,(H,29,31,33)(H,30,32,34)/t19-,20-,23?,24?. The van der Waals surface area contributed by atoms with Crippen LogP contribution in [0.25, 0.3) is 0 Å². The summed E-state index contributed by atoms with van der Waals surface area (Å²) in [5.74, 6) is 2.25. The first-order valence-corrected chi connectivity index (χ1v) is 14.6. The van der Waals surface area contributed by atoms with E-state index >= 15 is 0 Å². The minimum Gasteiger partial charge on any atom is -0.493 e. The van der Waals surface area contributed by atoms with E-state index in [0.717, 1.165) is 71.8 Å². The normalized spacial score (nSPS) is 25.3. The molecule has 5 rings (SSSR count). The van der Waals surface area contributed by atoms with Gasteiger partial charge < -0.3 is 9.47 Å². The van der Waals surface area contributed by atoms with Crippen molar-refractivity contribution in [2.45, 2.75) is 49.0 Å². The third-order valence-corrected chi connectivity index (χ3v) is 9.12. The zero-order valence-corrected chi connectivity index (χ0v) is 22.5. The Morgan fingerprint density at radius 2 is 0.974 bits per heavy atom. The maximum absolute atomic E-state index is 11.7. The van der Waals surface area contributed by atoms with Gasteiger partial charge in [0.1, 0.15) is 11.5 Å². The first-order valence-electron chi connectivity index (χ1n) is 12.9. The molecule has 38 heavy (non-hydrogen) atoms. The first-order chi connectivity index (χ1) is 18.4. The highest BCUT2D eigenvalue weighted by Crippen LogP contribution is 2.31. The summed E-state index contributed by atoms with van der Waals surface area (Å²) < 4.78 is 12.1. The Kier molecular flexibility index (Phi) is 8.58. The molecule has 200 valence electrons. The molecule has 0 spiro atoms. The highest BCUT2D eigenvalue weighted by Gasteiger charge is 2.32. The summed E-state index contributed by atoms with van der Waals surface area (Å²) in [6, 6.07) is 15.5. The van der Waals surface area contributed by atoms with Crippen molar-refractivity contribution in [3.05, 3.63) is 59.7 Å². The van der Waals surface area contributed by atoms with Gasteiger partial charge in [-0.05, 0) is 85.8 Å². The fourth-order valence-corrected chi connectivity index (χ4v) is 6.64. The van der Waals surface area contributed by atoms with E-state index in [-0.39, 0.29) is 32.8 Å². The van der Waals surface area contributed by atoms with E-state index in [1.807, 2.05) is 48.5 Å². The molecular formula is C28H30N2O6S2. The molecule has 4 amide bonds. The SMILES string of the molecule is O=C1NC(=O)C(Cc2ccc(OC[C@H]3CC[C@H](COc4ccc(CC5SC(=O)NC5=O)cc4)CC3)cc2)S1. The van der Waals surface area contributed by atoms with E-state index in [1.165, 1.54) is 0 Å². The van der Waals surface area contributed by atoms with Crippen molar-refractivity contribution in [1.29, 1.82) is 0 Å². The molecule has 2 heterocycles. The molecule has 2 aromatic rings. The number of imide groups is 2. The molecule has 0 aromatic heterocycles. The number of nitrogens with one attached hydrogen (secondary N) is 2. The quantitative estimate of drug-likeness (QED) is 0.433. The zero-order chi connectivity index (χ0) is 26.5. The summed E-state index contributed by atoms with van der Waals surface area (Å²) in [5, 5.41) is 3.38. The second-order valence-electron chi connectivity index (χ2n) is 9.97. The molecular weight excluding hydrogens is 524 g/mol. The Morgan fingerprint density at radius 1 is 0.605 bits per heavy atom. The van der Waals surface area contributed by atoms with Crippen molar-refractivity contribution in [1.82, 2.24) is 10.6 Å². The number of carbonyl (C=O) groups excluding carboxylic acids is 4. The zero-order valence-electron chi connectivity index (χ0n) is 20.9. The third-order valence-electron chi connectivity index (χ3n) is 7.16. The van der Waals surface area contributed by atoms with Crippen LogP contribution in [0.5, 0.6) is 11.5 Å². The van der Waals surface area contributed by atoms with E-state index in [1.54, 1.807) is 0 Å². The van der Waals surface area contributed by atoms with Crippen LogP contribution in [-0.4, -0.2) is 46.0 Å². The molecule has 1 saturated carbocycles. The van der Waals surface area contributed by atoms with E-state index in [0.29, 0.717) is 37.9 Å². The number of rotatable bonds is 10. The average Bonchev–Trinajstić information content (AvgIpc) is 3.41. The van der Waals surface area contributed by atoms with Gasteiger partial charge in [-0.25, -0.2) is 0 Å². The van der Waals surface area contributed by atoms with Gasteiger partial charge in [0.05, 0.1) is 23.7 Å². The topological polar surface area (TPSA) is 111 Å². The van der Waals surface area contributed by atoms with Gasteiger partial charge in [-0.3, -0.25) is 29.8 Å². The predicted octanol–water partition coefficient (Wildman–Crippen LogP) is 4.74. The fourth-order valence-electron chi connectivity index (χ4n) is 4.92. The Morgan fingerprint density at radius 3 is 1.29 bits per heavy atom. The number of ether oxygens (including phenoxy) is 2. The summed E-state index contributed by atoms with van der Waals surface area (Å²) in [7, 11) is 0. The number of thioether (sulfide) groups is 2. The van der Waals surface area contributed by atoms with Gasteiger partial charge in [0.15, 0.2) is 0 Å². The minimum absolute atomic E-state index is 0.218. The molecule has 1 aliphatic carbocycles. The second kappa shape index (κ2) is 12.3. The molecule has 2 atom stereocenters. The fraction of sp³-hybridized carbons (Fsp3) is 0.429. The van der Waals surface area contributed by atoms with E-state index in [9.17, 15) is 19.2 Å². The molecule has 2 unspecified atom stereocenters. The lowest BCUT2D eigenvalue weighted by atomic mass is 9.83. The monoisotopic (exact) mass is 554 g/mol. The van der Waals surface area contributed by atoms with Crippen molar-refractivity contribution in [3.8, 4) is 11.5 Å². The van der Waals surface area contributed by atoms with Gasteiger partial charge in [-0.1, -0.05) is 47.8 Å². The van der Waals surface area contributed by atoms with Crippen LogP contribution in [0.1, 0.15) is 36.8 Å². The number of carbonyl (C=O) groups is 4. The van der Waals surface area contributed by atoms with Crippen molar-refractivity contribution >= 4 is 45.8 Å². The van der Waals surface area contributed by atoms with Crippen LogP contribution in [0.3, 0.4) is 0 Å². The van der Waals surface area contributed by atoms with E-state index in [2.05, 4.69) is 10.6 Å². The second-order valence-corrected chi connectivity index (χ2v) is 12.3. The highest BCUT2D eigenvalue weighted by molar-refractivity contribution is 8.15. The highest BCUT2D eigenvalue weighted by atomic mass is 32.2. The summed E-state index contributed by atoms with van der Waals surface area (Å²) in [4.78, 5) is 46.1.